The van der Waals surface area contributed by atoms with Crippen LogP contribution in [0.25, 0.3) is 0 Å². The van der Waals surface area contributed by atoms with Gasteiger partial charge in [-0.3, -0.25) is 0 Å². The van der Waals surface area contributed by atoms with Crippen molar-refractivity contribution in [2.45, 2.75) is 57.9 Å². The van der Waals surface area contributed by atoms with Crippen LogP contribution in [-0.2, 0) is 0 Å². The fourth-order valence-electron chi connectivity index (χ4n) is 3.19. The first kappa shape index (κ1) is 12.4. The van der Waals surface area contributed by atoms with E-state index in [2.05, 4.69) is 24.1 Å². The Bertz CT molecular complexity index is 205. The summed E-state index contributed by atoms with van der Waals surface area (Å²) in [5.74, 6) is 1.01. The van der Waals surface area contributed by atoms with E-state index in [1.165, 1.54) is 64.7 Å². The van der Waals surface area contributed by atoms with Gasteiger partial charge in [-0.25, -0.2) is 0 Å². The second kappa shape index (κ2) is 5.50. The summed E-state index contributed by atoms with van der Waals surface area (Å²) in [6.45, 7) is 9.73. The van der Waals surface area contributed by atoms with Crippen LogP contribution in [-0.4, -0.2) is 36.6 Å². The van der Waals surface area contributed by atoms with Gasteiger partial charge in [-0.2, -0.15) is 0 Å². The predicted octanol–water partition coefficient (Wildman–Crippen LogP) is 2.64. The van der Waals surface area contributed by atoms with E-state index >= 15 is 0 Å². The molecular weight excluding hydrogens is 196 g/mol. The summed E-state index contributed by atoms with van der Waals surface area (Å²) in [5.41, 5.74) is 0.444. The van der Waals surface area contributed by atoms with Gasteiger partial charge in [0.05, 0.1) is 0 Å². The van der Waals surface area contributed by atoms with Gasteiger partial charge < -0.3 is 10.2 Å². The van der Waals surface area contributed by atoms with Crippen LogP contribution >= 0.6 is 0 Å². The van der Waals surface area contributed by atoms with Gasteiger partial charge in [0.15, 0.2) is 0 Å². The van der Waals surface area contributed by atoms with E-state index in [0.29, 0.717) is 5.54 Å². The highest BCUT2D eigenvalue weighted by Crippen LogP contribution is 2.29. The van der Waals surface area contributed by atoms with Crippen LogP contribution in [0.2, 0.25) is 0 Å². The van der Waals surface area contributed by atoms with Gasteiger partial charge in [0.2, 0.25) is 0 Å². The number of nitrogens with zero attached hydrogens (tertiary/aromatic N) is 1. The monoisotopic (exact) mass is 224 g/mol. The van der Waals surface area contributed by atoms with Crippen molar-refractivity contribution in [2.75, 3.05) is 26.2 Å². The van der Waals surface area contributed by atoms with E-state index in [9.17, 15) is 0 Å². The second-order valence-corrected chi connectivity index (χ2v) is 5.79. The number of hydrogen-bond acceptors (Lipinski definition) is 2. The van der Waals surface area contributed by atoms with E-state index in [1.807, 2.05) is 0 Å². The summed E-state index contributed by atoms with van der Waals surface area (Å²) in [7, 11) is 0. The van der Waals surface area contributed by atoms with Crippen molar-refractivity contribution in [3.63, 3.8) is 0 Å². The third-order valence-corrected chi connectivity index (χ3v) is 4.72. The third-order valence-electron chi connectivity index (χ3n) is 4.72. The van der Waals surface area contributed by atoms with Crippen molar-refractivity contribution >= 4 is 0 Å². The lowest BCUT2D eigenvalue weighted by Gasteiger charge is -2.38. The van der Waals surface area contributed by atoms with Gasteiger partial charge in [-0.05, 0) is 51.1 Å². The summed E-state index contributed by atoms with van der Waals surface area (Å²) in [6.07, 6.45) is 8.46. The standard InChI is InChI=1S/C14H28N2/c1-3-14(9-6-10-15-14)12-16(4-2)11-13-7-5-8-13/h13,15H,3-12H2,1-2H3. The maximum atomic E-state index is 3.75. The average molecular weight is 224 g/mol. The smallest absolute Gasteiger partial charge is 0.0306 e. The molecule has 0 amide bonds. The molecule has 0 aromatic carbocycles. The third kappa shape index (κ3) is 2.78. The molecule has 0 aromatic rings. The van der Waals surface area contributed by atoms with Gasteiger partial charge in [0, 0.05) is 18.6 Å². The van der Waals surface area contributed by atoms with Gasteiger partial charge in [0.1, 0.15) is 0 Å². The van der Waals surface area contributed by atoms with Gasteiger partial charge in [-0.1, -0.05) is 20.3 Å². The molecule has 1 atom stereocenters. The Balaban J connectivity index is 1.83. The number of nitrogens with one attached hydrogen (secondary N) is 1. The van der Waals surface area contributed by atoms with Crippen LogP contribution in [0.3, 0.4) is 0 Å². The van der Waals surface area contributed by atoms with Crippen LogP contribution in [0.5, 0.6) is 0 Å². The van der Waals surface area contributed by atoms with Crippen molar-refractivity contribution in [2.24, 2.45) is 5.92 Å². The summed E-state index contributed by atoms with van der Waals surface area (Å²) in [5, 5.41) is 3.75. The molecule has 2 heteroatoms. The highest BCUT2D eigenvalue weighted by Gasteiger charge is 2.33. The molecule has 2 nitrogen and oxygen atoms in total. The summed E-state index contributed by atoms with van der Waals surface area (Å²) in [6, 6.07) is 0. The first-order chi connectivity index (χ1) is 7.78. The minimum absolute atomic E-state index is 0.444. The highest BCUT2D eigenvalue weighted by atomic mass is 15.2. The van der Waals surface area contributed by atoms with Crippen LogP contribution in [0, 0.1) is 5.92 Å². The molecule has 1 aliphatic heterocycles. The van der Waals surface area contributed by atoms with Crippen molar-refractivity contribution < 1.29 is 0 Å². The van der Waals surface area contributed by atoms with Crippen molar-refractivity contribution in [1.82, 2.24) is 10.2 Å². The molecule has 16 heavy (non-hydrogen) atoms. The van der Waals surface area contributed by atoms with Crippen molar-refractivity contribution in [3.8, 4) is 0 Å². The number of rotatable bonds is 6. The molecule has 0 spiro atoms. The number of hydrogen-bond donors (Lipinski definition) is 1. The zero-order valence-corrected chi connectivity index (χ0v) is 11.1. The molecule has 0 bridgehead atoms. The Morgan fingerprint density at radius 3 is 2.50 bits per heavy atom. The Hall–Kier alpha value is -0.0800. The molecule has 2 aliphatic rings. The Morgan fingerprint density at radius 2 is 2.06 bits per heavy atom. The molecule has 1 unspecified atom stereocenters. The van der Waals surface area contributed by atoms with E-state index in [-0.39, 0.29) is 0 Å². The summed E-state index contributed by atoms with van der Waals surface area (Å²) >= 11 is 0. The largest absolute Gasteiger partial charge is 0.310 e. The van der Waals surface area contributed by atoms with E-state index < -0.39 is 0 Å². The lowest BCUT2D eigenvalue weighted by molar-refractivity contribution is 0.141. The van der Waals surface area contributed by atoms with E-state index in [1.54, 1.807) is 0 Å². The predicted molar refractivity (Wildman–Crippen MR) is 69.7 cm³/mol. The maximum Gasteiger partial charge on any atom is 0.0306 e. The number of likely N-dealkylation sites (N-methyl/N-ethyl adjacent to an activating group) is 1. The van der Waals surface area contributed by atoms with Crippen molar-refractivity contribution in [1.29, 1.82) is 0 Å². The lowest BCUT2D eigenvalue weighted by atomic mass is 9.84. The lowest BCUT2D eigenvalue weighted by Crippen LogP contribution is -2.50. The normalized spacial score (nSPS) is 30.9. The molecule has 1 N–H and O–H groups in total. The van der Waals surface area contributed by atoms with E-state index in [0.717, 1.165) is 5.92 Å². The first-order valence-corrected chi connectivity index (χ1v) is 7.25. The van der Waals surface area contributed by atoms with Crippen LogP contribution in [0.15, 0.2) is 0 Å². The van der Waals surface area contributed by atoms with Crippen LogP contribution in [0.1, 0.15) is 52.4 Å². The molecule has 1 saturated heterocycles. The SMILES string of the molecule is CCN(CC1CCC1)CC1(CC)CCCN1. The molecule has 94 valence electrons. The average Bonchev–Trinajstić information content (AvgIpc) is 2.71. The topological polar surface area (TPSA) is 15.3 Å². The first-order valence-electron chi connectivity index (χ1n) is 7.25. The van der Waals surface area contributed by atoms with Crippen LogP contribution in [0.4, 0.5) is 0 Å². The molecule has 2 fully saturated rings. The fourth-order valence-corrected chi connectivity index (χ4v) is 3.19. The quantitative estimate of drug-likeness (QED) is 0.746. The van der Waals surface area contributed by atoms with Crippen molar-refractivity contribution in [3.05, 3.63) is 0 Å². The van der Waals surface area contributed by atoms with Gasteiger partial charge in [0.25, 0.3) is 0 Å². The second-order valence-electron chi connectivity index (χ2n) is 5.79. The Labute approximate surface area is 101 Å². The molecule has 1 saturated carbocycles. The molecule has 1 heterocycles. The zero-order chi connectivity index (χ0) is 11.4. The summed E-state index contributed by atoms with van der Waals surface area (Å²) in [4.78, 5) is 2.69. The summed E-state index contributed by atoms with van der Waals surface area (Å²) < 4.78 is 0. The molecule has 0 aromatic heterocycles. The minimum atomic E-state index is 0.444. The van der Waals surface area contributed by atoms with Crippen LogP contribution < -0.4 is 5.32 Å². The minimum Gasteiger partial charge on any atom is -0.310 e. The van der Waals surface area contributed by atoms with E-state index in [4.69, 9.17) is 0 Å². The van der Waals surface area contributed by atoms with Gasteiger partial charge in [-0.15, -0.1) is 0 Å². The maximum absolute atomic E-state index is 3.75. The highest BCUT2D eigenvalue weighted by molar-refractivity contribution is 4.94. The molecule has 2 rings (SSSR count). The Morgan fingerprint density at radius 1 is 1.25 bits per heavy atom. The molecule has 1 aliphatic carbocycles. The molecule has 0 radical (unpaired) electrons. The zero-order valence-electron chi connectivity index (χ0n) is 11.1. The Kier molecular flexibility index (Phi) is 4.26. The molecular formula is C14H28N2. The van der Waals surface area contributed by atoms with Gasteiger partial charge >= 0.3 is 0 Å². The fraction of sp³-hybridized carbons (Fsp3) is 1.00.